The van der Waals surface area contributed by atoms with Crippen molar-refractivity contribution >= 4 is 5.97 Å². The van der Waals surface area contributed by atoms with Crippen molar-refractivity contribution in [1.29, 1.82) is 0 Å². The fourth-order valence-corrected chi connectivity index (χ4v) is 4.12. The summed E-state index contributed by atoms with van der Waals surface area (Å²) in [6.45, 7) is 2.07. The Hall–Kier alpha value is -0.910. The standard InChI is InChI=1S/C20H29FIO2/c1-17-12-14-19(15-13-17)22-16-18(21)10-8-6-4-3-5-7-9-11-20(23)24-2/h12-16H,3-11H2,1-2H3/q+1/b18-16+. The van der Waals surface area contributed by atoms with E-state index in [0.29, 0.717) is 12.8 Å². The molecule has 4 heteroatoms. The average Bonchev–Trinajstić information content (AvgIpc) is 2.59. The van der Waals surface area contributed by atoms with Crippen LogP contribution in [-0.4, -0.2) is 13.1 Å². The summed E-state index contributed by atoms with van der Waals surface area (Å²) in [5.74, 6) is -0.0628. The quantitative estimate of drug-likeness (QED) is 0.280. The van der Waals surface area contributed by atoms with Crippen molar-refractivity contribution in [2.45, 2.75) is 64.7 Å². The van der Waals surface area contributed by atoms with E-state index in [-0.39, 0.29) is 33.0 Å². The van der Waals surface area contributed by atoms with Crippen LogP contribution >= 0.6 is 0 Å². The Balaban J connectivity index is 1.99. The first-order valence-electron chi connectivity index (χ1n) is 8.73. The van der Waals surface area contributed by atoms with Gasteiger partial charge in [0, 0.05) is 12.8 Å². The molecule has 0 unspecified atom stereocenters. The fraction of sp³-hybridized carbons (Fsp3) is 0.550. The van der Waals surface area contributed by atoms with Crippen LogP contribution in [0.3, 0.4) is 0 Å². The maximum absolute atomic E-state index is 13.8. The highest BCUT2D eigenvalue weighted by Gasteiger charge is 2.10. The van der Waals surface area contributed by atoms with Crippen LogP contribution in [0.2, 0.25) is 0 Å². The Labute approximate surface area is 156 Å². The molecular formula is C20H29FIO2+. The Morgan fingerprint density at radius 3 is 2.12 bits per heavy atom. The van der Waals surface area contributed by atoms with Crippen molar-refractivity contribution in [3.05, 3.63) is 43.3 Å². The first kappa shape index (κ1) is 21.1. The van der Waals surface area contributed by atoms with E-state index in [9.17, 15) is 9.18 Å². The highest BCUT2D eigenvalue weighted by molar-refractivity contribution is 5.68. The Morgan fingerprint density at radius 1 is 1.00 bits per heavy atom. The number of carbonyl (C=O) groups excluding carboxylic acids is 1. The molecule has 0 heterocycles. The smallest absolute Gasteiger partial charge is 0.352 e. The van der Waals surface area contributed by atoms with E-state index < -0.39 is 0 Å². The van der Waals surface area contributed by atoms with E-state index in [4.69, 9.17) is 0 Å². The predicted octanol–water partition coefficient (Wildman–Crippen LogP) is 2.75. The number of methoxy groups -OCH3 is 1. The van der Waals surface area contributed by atoms with Gasteiger partial charge in [-0.1, -0.05) is 49.8 Å². The van der Waals surface area contributed by atoms with Crippen molar-refractivity contribution in [1.82, 2.24) is 0 Å². The molecule has 0 aliphatic heterocycles. The molecule has 134 valence electrons. The van der Waals surface area contributed by atoms with Crippen LogP contribution in [0, 0.1) is 10.5 Å². The minimum absolute atomic E-state index is 0.0569. The molecule has 1 aromatic carbocycles. The summed E-state index contributed by atoms with van der Waals surface area (Å²) in [5.41, 5.74) is 1.25. The molecule has 0 aromatic heterocycles. The number of benzene rings is 1. The number of halogens is 2. The van der Waals surface area contributed by atoms with Gasteiger partial charge in [0.1, 0.15) is 5.83 Å². The largest absolute Gasteiger partial charge is 0.469 e. The number of allylic oxidation sites excluding steroid dienone is 1. The van der Waals surface area contributed by atoms with E-state index in [1.54, 1.807) is 0 Å². The van der Waals surface area contributed by atoms with Gasteiger partial charge in [-0.25, -0.2) is 4.39 Å². The van der Waals surface area contributed by atoms with E-state index in [0.717, 1.165) is 38.5 Å². The Bertz CT molecular complexity index is 497. The maximum atomic E-state index is 13.8. The van der Waals surface area contributed by atoms with Crippen molar-refractivity contribution in [3.63, 3.8) is 0 Å². The first-order chi connectivity index (χ1) is 11.6. The SMILES string of the molecule is COC(=O)CCCCCCCCC/C(F)=C\[I+]c1ccc(C)cc1. The van der Waals surface area contributed by atoms with E-state index in [1.165, 1.54) is 22.7 Å². The lowest BCUT2D eigenvalue weighted by Crippen LogP contribution is -3.59. The van der Waals surface area contributed by atoms with Gasteiger partial charge < -0.3 is 4.74 Å². The lowest BCUT2D eigenvalue weighted by Gasteiger charge is -2.01. The molecule has 0 fully saturated rings. The summed E-state index contributed by atoms with van der Waals surface area (Å²) in [4.78, 5) is 10.9. The summed E-state index contributed by atoms with van der Waals surface area (Å²) >= 11 is -0.345. The minimum Gasteiger partial charge on any atom is -0.469 e. The van der Waals surface area contributed by atoms with Crippen LogP contribution in [0.5, 0.6) is 0 Å². The molecule has 1 aromatic rings. The number of esters is 1. The second-order valence-electron chi connectivity index (χ2n) is 6.01. The number of carbonyl (C=O) groups is 1. The van der Waals surface area contributed by atoms with Crippen molar-refractivity contribution in [2.24, 2.45) is 0 Å². The third-order valence-corrected chi connectivity index (χ3v) is 6.26. The molecular weight excluding hydrogens is 418 g/mol. The van der Waals surface area contributed by atoms with Gasteiger partial charge >= 0.3 is 27.2 Å². The van der Waals surface area contributed by atoms with Gasteiger partial charge in [-0.05, 0) is 31.9 Å². The summed E-state index contributed by atoms with van der Waals surface area (Å²) < 4.78 is 21.5. The van der Waals surface area contributed by atoms with Crippen LogP contribution in [0.15, 0.2) is 34.2 Å². The summed E-state index contributed by atoms with van der Waals surface area (Å²) in [6.07, 6.45) is 8.57. The van der Waals surface area contributed by atoms with Crippen LogP contribution in [0.4, 0.5) is 4.39 Å². The zero-order valence-corrected chi connectivity index (χ0v) is 17.0. The van der Waals surface area contributed by atoms with Crippen LogP contribution < -0.4 is 21.2 Å². The highest BCUT2D eigenvalue weighted by Crippen LogP contribution is 2.12. The maximum Gasteiger partial charge on any atom is 0.352 e. The minimum atomic E-state index is -0.345. The summed E-state index contributed by atoms with van der Waals surface area (Å²) in [5, 5.41) is 0. The van der Waals surface area contributed by atoms with Gasteiger partial charge in [0.05, 0.1) is 7.11 Å². The highest BCUT2D eigenvalue weighted by atomic mass is 127. The molecule has 0 atom stereocenters. The number of hydrogen-bond acceptors (Lipinski definition) is 2. The third-order valence-electron chi connectivity index (χ3n) is 3.83. The lowest BCUT2D eigenvalue weighted by atomic mass is 10.1. The zero-order chi connectivity index (χ0) is 17.6. The summed E-state index contributed by atoms with van der Waals surface area (Å²) in [6, 6.07) is 8.39. The normalized spacial score (nSPS) is 11.5. The zero-order valence-electron chi connectivity index (χ0n) is 14.8. The molecule has 0 aliphatic rings. The lowest BCUT2D eigenvalue weighted by molar-refractivity contribution is -0.558. The van der Waals surface area contributed by atoms with Crippen molar-refractivity contribution in [3.8, 4) is 0 Å². The van der Waals surface area contributed by atoms with Crippen LogP contribution in [0.25, 0.3) is 0 Å². The molecule has 0 amide bonds. The first-order valence-corrected chi connectivity index (χ1v) is 11.1. The summed E-state index contributed by atoms with van der Waals surface area (Å²) in [7, 11) is 1.43. The van der Waals surface area contributed by atoms with Crippen LogP contribution in [0.1, 0.15) is 63.4 Å². The molecule has 1 rings (SSSR count). The predicted molar refractivity (Wildman–Crippen MR) is 92.6 cm³/mol. The van der Waals surface area contributed by atoms with Gasteiger partial charge in [-0.2, -0.15) is 0 Å². The number of ether oxygens (including phenoxy) is 1. The number of unbranched alkanes of at least 4 members (excludes halogenated alkanes) is 6. The monoisotopic (exact) mass is 447 g/mol. The molecule has 2 nitrogen and oxygen atoms in total. The fourth-order valence-electron chi connectivity index (χ4n) is 2.33. The number of hydrogen-bond donors (Lipinski definition) is 0. The topological polar surface area (TPSA) is 26.3 Å². The molecule has 0 aliphatic carbocycles. The van der Waals surface area contributed by atoms with Gasteiger partial charge in [-0.3, -0.25) is 4.79 Å². The van der Waals surface area contributed by atoms with E-state index in [2.05, 4.69) is 35.9 Å². The molecule has 24 heavy (non-hydrogen) atoms. The van der Waals surface area contributed by atoms with Gasteiger partial charge in [0.2, 0.25) is 0 Å². The molecule has 0 N–H and O–H groups in total. The third kappa shape index (κ3) is 10.8. The second-order valence-corrected chi connectivity index (χ2v) is 8.50. The number of aryl methyl sites for hydroxylation is 1. The van der Waals surface area contributed by atoms with Gasteiger partial charge in [0.25, 0.3) is 0 Å². The Kier molecular flexibility index (Phi) is 11.8. The van der Waals surface area contributed by atoms with Crippen LogP contribution in [-0.2, 0) is 9.53 Å². The van der Waals surface area contributed by atoms with E-state index in [1.807, 2.05) is 4.08 Å². The Morgan fingerprint density at radius 2 is 1.54 bits per heavy atom. The average molecular weight is 447 g/mol. The molecule has 0 saturated carbocycles. The van der Waals surface area contributed by atoms with Crippen molar-refractivity contribution < 1.29 is 35.1 Å². The number of rotatable bonds is 12. The molecule has 0 radical (unpaired) electrons. The second kappa shape index (κ2) is 13.4. The molecule has 0 saturated heterocycles. The van der Waals surface area contributed by atoms with E-state index >= 15 is 0 Å². The molecule has 0 bridgehead atoms. The van der Waals surface area contributed by atoms with Crippen molar-refractivity contribution in [2.75, 3.05) is 7.11 Å². The van der Waals surface area contributed by atoms with Gasteiger partial charge in [0.15, 0.2) is 7.65 Å². The molecule has 0 spiro atoms. The van der Waals surface area contributed by atoms with Gasteiger partial charge in [-0.15, -0.1) is 0 Å².